The number of rotatable bonds is 6. The number of nitrogens with zero attached hydrogens (tertiary/aromatic N) is 4. The van der Waals surface area contributed by atoms with Gasteiger partial charge in [0.2, 0.25) is 0 Å². The summed E-state index contributed by atoms with van der Waals surface area (Å²) in [6.45, 7) is 0.212. The smallest absolute Gasteiger partial charge is 0.278 e. The summed E-state index contributed by atoms with van der Waals surface area (Å²) < 4.78 is 28.0. The highest BCUT2D eigenvalue weighted by molar-refractivity contribution is 7.71. The van der Waals surface area contributed by atoms with E-state index >= 15 is 0 Å². The second-order valence-corrected chi connectivity index (χ2v) is 6.81. The number of hydrogen-bond donors (Lipinski definition) is 1. The maximum Gasteiger partial charge on any atom is 0.278 e. The van der Waals surface area contributed by atoms with Crippen LogP contribution in [0, 0.1) is 10.6 Å². The van der Waals surface area contributed by atoms with Gasteiger partial charge < -0.3 is 9.47 Å². The van der Waals surface area contributed by atoms with Crippen molar-refractivity contribution in [3.63, 3.8) is 0 Å². The quantitative estimate of drug-likeness (QED) is 0.476. The van der Waals surface area contributed by atoms with Gasteiger partial charge in [0.1, 0.15) is 11.6 Å². The molecule has 0 aliphatic carbocycles. The lowest BCUT2D eigenvalue weighted by Crippen LogP contribution is -2.25. The van der Waals surface area contributed by atoms with Gasteiger partial charge in [0, 0.05) is 11.8 Å². The van der Waals surface area contributed by atoms with Crippen LogP contribution in [-0.2, 0) is 13.0 Å². The number of hydrogen-bond acceptors (Lipinski definition) is 6. The lowest BCUT2D eigenvalue weighted by atomic mass is 10.1. The van der Waals surface area contributed by atoms with E-state index in [2.05, 4.69) is 15.3 Å². The monoisotopic (exact) mass is 427 g/mol. The number of methoxy groups -OCH3 is 2. The number of H-pyrrole nitrogens is 1. The van der Waals surface area contributed by atoms with Crippen LogP contribution in [0.5, 0.6) is 11.5 Å². The lowest BCUT2D eigenvalue weighted by molar-refractivity contribution is 0.358. The predicted molar refractivity (Wildman–Crippen MR) is 112 cm³/mol. The third kappa shape index (κ3) is 3.35. The summed E-state index contributed by atoms with van der Waals surface area (Å²) >= 11 is 5.26. The molecule has 0 unspecified atom stereocenters. The van der Waals surface area contributed by atoms with Crippen LogP contribution in [-0.4, -0.2) is 38.8 Å². The van der Waals surface area contributed by atoms with Gasteiger partial charge in [0.15, 0.2) is 16.3 Å². The number of aromatic nitrogens is 5. The average molecular weight is 427 g/mol. The van der Waals surface area contributed by atoms with Crippen LogP contribution < -0.4 is 15.0 Å². The SMILES string of the molecule is COc1ccc2cnn(CCc3n[nH]c(=S)n3-c3ccccc3F)c(=O)c2c1OC. The summed E-state index contributed by atoms with van der Waals surface area (Å²) in [5.74, 6) is 0.871. The van der Waals surface area contributed by atoms with Crippen molar-refractivity contribution < 1.29 is 13.9 Å². The van der Waals surface area contributed by atoms with Crippen molar-refractivity contribution in [1.29, 1.82) is 0 Å². The average Bonchev–Trinajstić information content (AvgIpc) is 3.13. The Hall–Kier alpha value is -3.53. The molecule has 0 saturated heterocycles. The molecule has 0 saturated carbocycles. The van der Waals surface area contributed by atoms with Gasteiger partial charge in [0.25, 0.3) is 5.56 Å². The maximum atomic E-state index is 14.3. The first kappa shape index (κ1) is 19.8. The standard InChI is InChI=1S/C20H18FN5O3S/c1-28-15-8-7-12-11-22-25(19(27)17(12)18(15)29-2)10-9-16-23-24-20(30)26(16)14-6-4-3-5-13(14)21/h3-8,11H,9-10H2,1-2H3,(H,24,30). The minimum Gasteiger partial charge on any atom is -0.493 e. The highest BCUT2D eigenvalue weighted by Crippen LogP contribution is 2.32. The van der Waals surface area contributed by atoms with E-state index in [0.29, 0.717) is 34.5 Å². The zero-order chi connectivity index (χ0) is 21.3. The summed E-state index contributed by atoms with van der Waals surface area (Å²) in [6.07, 6.45) is 1.89. The van der Waals surface area contributed by atoms with Crippen LogP contribution in [0.15, 0.2) is 47.4 Å². The lowest BCUT2D eigenvalue weighted by Gasteiger charge is -2.12. The van der Waals surface area contributed by atoms with Crippen LogP contribution in [0.3, 0.4) is 0 Å². The zero-order valence-electron chi connectivity index (χ0n) is 16.3. The molecule has 30 heavy (non-hydrogen) atoms. The first-order valence-electron chi connectivity index (χ1n) is 9.07. The van der Waals surface area contributed by atoms with Crippen molar-refractivity contribution in [1.82, 2.24) is 24.5 Å². The zero-order valence-corrected chi connectivity index (χ0v) is 17.1. The first-order valence-corrected chi connectivity index (χ1v) is 9.48. The second-order valence-electron chi connectivity index (χ2n) is 6.42. The van der Waals surface area contributed by atoms with E-state index in [0.717, 1.165) is 0 Å². The topological polar surface area (TPSA) is 87.0 Å². The fourth-order valence-electron chi connectivity index (χ4n) is 3.33. The summed E-state index contributed by atoms with van der Waals surface area (Å²) in [5.41, 5.74) is -0.0358. The Morgan fingerprint density at radius 3 is 2.70 bits per heavy atom. The molecule has 4 rings (SSSR count). The molecule has 0 atom stereocenters. The van der Waals surface area contributed by atoms with Crippen LogP contribution in [0.25, 0.3) is 16.5 Å². The normalized spacial score (nSPS) is 11.0. The third-order valence-electron chi connectivity index (χ3n) is 4.74. The van der Waals surface area contributed by atoms with Gasteiger partial charge in [-0.05, 0) is 36.5 Å². The number of nitrogens with one attached hydrogen (secondary N) is 1. The molecule has 2 aromatic carbocycles. The van der Waals surface area contributed by atoms with Crippen molar-refractivity contribution in [2.24, 2.45) is 0 Å². The van der Waals surface area contributed by atoms with Crippen LogP contribution >= 0.6 is 12.2 Å². The van der Waals surface area contributed by atoms with Gasteiger partial charge >= 0.3 is 0 Å². The number of para-hydroxylation sites is 1. The van der Waals surface area contributed by atoms with Gasteiger partial charge in [-0.3, -0.25) is 14.5 Å². The Morgan fingerprint density at radius 1 is 1.17 bits per heavy atom. The summed E-state index contributed by atoms with van der Waals surface area (Å²) in [5, 5.41) is 12.1. The Bertz CT molecular complexity index is 1340. The molecule has 10 heteroatoms. The summed E-state index contributed by atoms with van der Waals surface area (Å²) in [7, 11) is 2.99. The number of fused-ring (bicyclic) bond motifs is 1. The minimum absolute atomic E-state index is 0.212. The van der Waals surface area contributed by atoms with Gasteiger partial charge in [-0.25, -0.2) is 9.07 Å². The molecule has 0 amide bonds. The van der Waals surface area contributed by atoms with Crippen LogP contribution in [0.1, 0.15) is 5.82 Å². The molecule has 0 radical (unpaired) electrons. The van der Waals surface area contributed by atoms with Crippen molar-refractivity contribution in [2.45, 2.75) is 13.0 Å². The maximum absolute atomic E-state index is 14.3. The highest BCUT2D eigenvalue weighted by Gasteiger charge is 2.16. The molecule has 8 nitrogen and oxygen atoms in total. The molecular weight excluding hydrogens is 409 g/mol. The number of aryl methyl sites for hydroxylation is 2. The Kier molecular flexibility index (Phi) is 5.32. The number of benzene rings is 2. The van der Waals surface area contributed by atoms with Crippen LogP contribution in [0.2, 0.25) is 0 Å². The fourth-order valence-corrected chi connectivity index (χ4v) is 3.58. The largest absolute Gasteiger partial charge is 0.493 e. The van der Waals surface area contributed by atoms with Gasteiger partial charge in [-0.1, -0.05) is 12.1 Å². The van der Waals surface area contributed by atoms with E-state index in [9.17, 15) is 9.18 Å². The third-order valence-corrected chi connectivity index (χ3v) is 5.02. The molecule has 1 N–H and O–H groups in total. The molecule has 0 bridgehead atoms. The summed E-state index contributed by atoms with van der Waals surface area (Å²) in [6, 6.07) is 9.75. The molecule has 0 aliphatic heterocycles. The van der Waals surface area contributed by atoms with Crippen molar-refractivity contribution >= 4 is 23.0 Å². The Labute approximate surface area is 175 Å². The van der Waals surface area contributed by atoms with E-state index in [4.69, 9.17) is 21.7 Å². The van der Waals surface area contributed by atoms with E-state index in [1.165, 1.54) is 29.5 Å². The van der Waals surface area contributed by atoms with Crippen LogP contribution in [0.4, 0.5) is 4.39 Å². The minimum atomic E-state index is -0.422. The van der Waals surface area contributed by atoms with Crippen molar-refractivity contribution in [3.05, 3.63) is 69.4 Å². The van der Waals surface area contributed by atoms with E-state index < -0.39 is 5.82 Å². The highest BCUT2D eigenvalue weighted by atomic mass is 32.1. The summed E-state index contributed by atoms with van der Waals surface area (Å²) in [4.78, 5) is 13.1. The van der Waals surface area contributed by atoms with E-state index in [1.54, 1.807) is 36.5 Å². The Morgan fingerprint density at radius 2 is 1.97 bits per heavy atom. The first-order chi connectivity index (χ1) is 14.5. The van der Waals surface area contributed by atoms with Gasteiger partial charge in [-0.15, -0.1) is 0 Å². The fraction of sp³-hybridized carbons (Fsp3) is 0.200. The van der Waals surface area contributed by atoms with E-state index in [1.807, 2.05) is 0 Å². The van der Waals surface area contributed by atoms with Gasteiger partial charge in [-0.2, -0.15) is 10.2 Å². The predicted octanol–water partition coefficient (Wildman–Crippen LogP) is 3.04. The van der Waals surface area contributed by atoms with Crippen molar-refractivity contribution in [2.75, 3.05) is 14.2 Å². The second kappa shape index (κ2) is 8.07. The molecule has 154 valence electrons. The number of halogens is 1. The molecule has 4 aromatic rings. The van der Waals surface area contributed by atoms with Gasteiger partial charge in [0.05, 0.1) is 38.0 Å². The molecular formula is C20H18FN5O3S. The molecule has 0 fully saturated rings. The van der Waals surface area contributed by atoms with E-state index in [-0.39, 0.29) is 22.6 Å². The van der Waals surface area contributed by atoms with Crippen molar-refractivity contribution in [3.8, 4) is 17.2 Å². The molecule has 0 spiro atoms. The number of ether oxygens (including phenoxy) is 2. The molecule has 2 aromatic heterocycles. The molecule has 2 heterocycles. The molecule has 0 aliphatic rings. The number of aromatic amines is 1. The Balaban J connectivity index is 1.72.